The second-order valence-electron chi connectivity index (χ2n) is 7.69. The highest BCUT2D eigenvalue weighted by molar-refractivity contribution is 5.93. The standard InChI is InChI=1S/C23H24FN3O3/c24-19-3-5-20(6-4-19)30-15-16-9-11-27(12-10-16)22(29)8-1-17-13-18-2-7-21(28)26-23(18)25-14-17/h1,3-6,8,13-14,16H,2,7,9-12,15H2,(H,25,26,28). The van der Waals surface area contributed by atoms with Crippen molar-refractivity contribution in [3.8, 4) is 5.75 Å². The van der Waals surface area contributed by atoms with E-state index in [9.17, 15) is 14.0 Å². The molecule has 156 valence electrons. The van der Waals surface area contributed by atoms with Gasteiger partial charge in [0.25, 0.3) is 0 Å². The van der Waals surface area contributed by atoms with Crippen LogP contribution >= 0.6 is 0 Å². The van der Waals surface area contributed by atoms with Crippen LogP contribution in [-0.4, -0.2) is 41.4 Å². The average molecular weight is 409 g/mol. The quantitative estimate of drug-likeness (QED) is 0.768. The van der Waals surface area contributed by atoms with Gasteiger partial charge in [0.1, 0.15) is 17.4 Å². The number of pyridine rings is 1. The Kier molecular flexibility index (Phi) is 6.07. The van der Waals surface area contributed by atoms with Gasteiger partial charge < -0.3 is 15.0 Å². The maximum atomic E-state index is 12.9. The Bertz CT molecular complexity index is 951. The lowest BCUT2D eigenvalue weighted by Gasteiger charge is -2.31. The van der Waals surface area contributed by atoms with Crippen molar-refractivity contribution in [3.63, 3.8) is 0 Å². The molecule has 1 aromatic carbocycles. The van der Waals surface area contributed by atoms with Crippen LogP contribution in [0.5, 0.6) is 5.75 Å². The fourth-order valence-electron chi connectivity index (χ4n) is 3.70. The van der Waals surface area contributed by atoms with E-state index in [2.05, 4.69) is 10.3 Å². The number of hydrogen-bond acceptors (Lipinski definition) is 4. The molecule has 30 heavy (non-hydrogen) atoms. The number of nitrogens with zero attached hydrogens (tertiary/aromatic N) is 2. The SMILES string of the molecule is O=C1CCc2cc(C=CC(=O)N3CCC(COc4ccc(F)cc4)CC3)cnc2N1. The van der Waals surface area contributed by atoms with Crippen molar-refractivity contribution in [2.24, 2.45) is 5.92 Å². The summed E-state index contributed by atoms with van der Waals surface area (Å²) in [5.41, 5.74) is 1.84. The van der Waals surface area contributed by atoms with Gasteiger partial charge in [-0.3, -0.25) is 9.59 Å². The van der Waals surface area contributed by atoms with E-state index in [1.807, 2.05) is 11.0 Å². The van der Waals surface area contributed by atoms with Gasteiger partial charge in [-0.1, -0.05) is 0 Å². The molecule has 0 spiro atoms. The zero-order chi connectivity index (χ0) is 20.9. The topological polar surface area (TPSA) is 71.5 Å². The fraction of sp³-hybridized carbons (Fsp3) is 0.348. The summed E-state index contributed by atoms with van der Waals surface area (Å²) in [4.78, 5) is 30.1. The summed E-state index contributed by atoms with van der Waals surface area (Å²) in [6.07, 6.45) is 7.89. The molecule has 4 rings (SSSR count). The lowest BCUT2D eigenvalue weighted by Crippen LogP contribution is -2.38. The monoisotopic (exact) mass is 409 g/mol. The number of fused-ring (bicyclic) bond motifs is 1. The van der Waals surface area contributed by atoms with Gasteiger partial charge in [-0.15, -0.1) is 0 Å². The molecule has 1 aromatic heterocycles. The van der Waals surface area contributed by atoms with Crippen LogP contribution in [0.4, 0.5) is 10.2 Å². The van der Waals surface area contributed by atoms with Crippen LogP contribution < -0.4 is 10.1 Å². The number of piperidine rings is 1. The molecule has 0 saturated carbocycles. The van der Waals surface area contributed by atoms with Crippen molar-refractivity contribution in [2.45, 2.75) is 25.7 Å². The number of anilines is 1. The molecule has 0 atom stereocenters. The number of benzene rings is 1. The van der Waals surface area contributed by atoms with Gasteiger partial charge in [0, 0.05) is 31.8 Å². The summed E-state index contributed by atoms with van der Waals surface area (Å²) in [6.45, 7) is 1.95. The predicted molar refractivity (Wildman–Crippen MR) is 111 cm³/mol. The molecule has 0 aliphatic carbocycles. The molecule has 0 radical (unpaired) electrons. The number of likely N-dealkylation sites (tertiary alicyclic amines) is 1. The lowest BCUT2D eigenvalue weighted by atomic mass is 9.97. The third-order valence-electron chi connectivity index (χ3n) is 5.51. The van der Waals surface area contributed by atoms with Crippen molar-refractivity contribution in [2.75, 3.05) is 25.0 Å². The summed E-state index contributed by atoms with van der Waals surface area (Å²) >= 11 is 0. The van der Waals surface area contributed by atoms with Crippen molar-refractivity contribution in [1.29, 1.82) is 0 Å². The maximum Gasteiger partial charge on any atom is 0.246 e. The van der Waals surface area contributed by atoms with Gasteiger partial charge in [0.05, 0.1) is 6.61 Å². The number of amides is 2. The number of carbonyl (C=O) groups is 2. The average Bonchev–Trinajstić information content (AvgIpc) is 2.77. The van der Waals surface area contributed by atoms with Crippen molar-refractivity contribution in [1.82, 2.24) is 9.88 Å². The number of ether oxygens (including phenoxy) is 1. The number of carbonyl (C=O) groups excluding carboxylic acids is 2. The molecular formula is C23H24FN3O3. The Labute approximate surface area is 174 Å². The minimum Gasteiger partial charge on any atom is -0.493 e. The van der Waals surface area contributed by atoms with Crippen molar-refractivity contribution >= 4 is 23.7 Å². The molecule has 1 N–H and O–H groups in total. The largest absolute Gasteiger partial charge is 0.493 e. The number of halogens is 1. The summed E-state index contributed by atoms with van der Waals surface area (Å²) < 4.78 is 18.7. The zero-order valence-electron chi connectivity index (χ0n) is 16.6. The summed E-state index contributed by atoms with van der Waals surface area (Å²) in [5, 5.41) is 2.75. The minimum absolute atomic E-state index is 0.0139. The second kappa shape index (κ2) is 9.07. The van der Waals surface area contributed by atoms with Crippen LogP contribution in [-0.2, 0) is 16.0 Å². The lowest BCUT2D eigenvalue weighted by molar-refractivity contribution is -0.127. The van der Waals surface area contributed by atoms with Crippen LogP contribution in [0.3, 0.4) is 0 Å². The van der Waals surface area contributed by atoms with Gasteiger partial charge in [0.2, 0.25) is 11.8 Å². The molecule has 2 aliphatic rings. The number of aromatic nitrogens is 1. The van der Waals surface area contributed by atoms with Crippen LogP contribution in [0.2, 0.25) is 0 Å². The van der Waals surface area contributed by atoms with Crippen LogP contribution in [0.25, 0.3) is 6.08 Å². The van der Waals surface area contributed by atoms with Gasteiger partial charge in [-0.25, -0.2) is 9.37 Å². The molecule has 6 nitrogen and oxygen atoms in total. The Morgan fingerprint density at radius 2 is 2.00 bits per heavy atom. The highest BCUT2D eigenvalue weighted by Crippen LogP contribution is 2.22. The van der Waals surface area contributed by atoms with Gasteiger partial charge >= 0.3 is 0 Å². The molecule has 1 saturated heterocycles. The first-order valence-corrected chi connectivity index (χ1v) is 10.2. The summed E-state index contributed by atoms with van der Waals surface area (Å²) in [7, 11) is 0. The molecular weight excluding hydrogens is 385 g/mol. The van der Waals surface area contributed by atoms with Gasteiger partial charge in [0.15, 0.2) is 0 Å². The van der Waals surface area contributed by atoms with Crippen LogP contribution in [0, 0.1) is 11.7 Å². The molecule has 3 heterocycles. The molecule has 2 aliphatic heterocycles. The van der Waals surface area contributed by atoms with Crippen LogP contribution in [0.15, 0.2) is 42.6 Å². The first-order valence-electron chi connectivity index (χ1n) is 10.2. The highest BCUT2D eigenvalue weighted by Gasteiger charge is 2.22. The van der Waals surface area contributed by atoms with E-state index in [-0.39, 0.29) is 17.6 Å². The maximum absolute atomic E-state index is 12.9. The first-order chi connectivity index (χ1) is 14.6. The highest BCUT2D eigenvalue weighted by atomic mass is 19.1. The summed E-state index contributed by atoms with van der Waals surface area (Å²) in [5.74, 6) is 1.35. The molecule has 1 fully saturated rings. The molecule has 7 heteroatoms. The van der Waals surface area contributed by atoms with E-state index in [1.165, 1.54) is 12.1 Å². The summed E-state index contributed by atoms with van der Waals surface area (Å²) in [6, 6.07) is 7.99. The van der Waals surface area contributed by atoms with E-state index in [4.69, 9.17) is 4.74 Å². The second-order valence-corrected chi connectivity index (χ2v) is 7.69. The molecule has 2 amide bonds. The number of rotatable bonds is 5. The number of hydrogen-bond donors (Lipinski definition) is 1. The fourth-order valence-corrected chi connectivity index (χ4v) is 3.70. The Morgan fingerprint density at radius 1 is 1.23 bits per heavy atom. The number of nitrogens with one attached hydrogen (secondary N) is 1. The minimum atomic E-state index is -0.278. The predicted octanol–water partition coefficient (Wildman–Crippen LogP) is 3.44. The van der Waals surface area contributed by atoms with Gasteiger partial charge in [-0.2, -0.15) is 0 Å². The van der Waals surface area contributed by atoms with E-state index in [1.54, 1.807) is 30.5 Å². The Hall–Kier alpha value is -3.22. The van der Waals surface area contributed by atoms with Crippen molar-refractivity contribution in [3.05, 3.63) is 59.5 Å². The smallest absolute Gasteiger partial charge is 0.246 e. The molecule has 2 aromatic rings. The Balaban J connectivity index is 1.25. The van der Waals surface area contributed by atoms with Crippen LogP contribution in [0.1, 0.15) is 30.4 Å². The van der Waals surface area contributed by atoms with E-state index >= 15 is 0 Å². The van der Waals surface area contributed by atoms with Crippen molar-refractivity contribution < 1.29 is 18.7 Å². The molecule has 0 unspecified atom stereocenters. The normalized spacial score (nSPS) is 17.0. The Morgan fingerprint density at radius 3 is 2.77 bits per heavy atom. The third kappa shape index (κ3) is 5.03. The number of aryl methyl sites for hydroxylation is 1. The van der Waals surface area contributed by atoms with E-state index in [0.29, 0.717) is 50.0 Å². The molecule has 0 bridgehead atoms. The van der Waals surface area contributed by atoms with Gasteiger partial charge in [-0.05, 0) is 72.7 Å². The zero-order valence-corrected chi connectivity index (χ0v) is 16.6. The first kappa shape index (κ1) is 20.1. The third-order valence-corrected chi connectivity index (χ3v) is 5.51. The van der Waals surface area contributed by atoms with E-state index < -0.39 is 0 Å². The van der Waals surface area contributed by atoms with E-state index in [0.717, 1.165) is 24.0 Å².